The van der Waals surface area contributed by atoms with Gasteiger partial charge in [0.25, 0.3) is 0 Å². The van der Waals surface area contributed by atoms with Gasteiger partial charge in [-0.2, -0.15) is 0 Å². The molecular formula is C19H18Cl2N2O. The van der Waals surface area contributed by atoms with Crippen molar-refractivity contribution < 1.29 is 4.79 Å². The molecule has 3 nitrogen and oxygen atoms in total. The maximum Gasteiger partial charge on any atom is 0.217 e. The summed E-state index contributed by atoms with van der Waals surface area (Å²) in [5.41, 5.74) is 2.99. The van der Waals surface area contributed by atoms with Gasteiger partial charge in [-0.1, -0.05) is 59.6 Å². The lowest BCUT2D eigenvalue weighted by Crippen LogP contribution is -2.32. The van der Waals surface area contributed by atoms with E-state index >= 15 is 0 Å². The Morgan fingerprint density at radius 3 is 2.58 bits per heavy atom. The maximum absolute atomic E-state index is 11.7. The van der Waals surface area contributed by atoms with Gasteiger partial charge in [-0.05, 0) is 30.2 Å². The molecule has 0 saturated carbocycles. The van der Waals surface area contributed by atoms with Crippen LogP contribution in [0.4, 0.5) is 5.69 Å². The number of halogens is 2. The van der Waals surface area contributed by atoms with Crippen molar-refractivity contribution in [2.75, 3.05) is 5.32 Å². The van der Waals surface area contributed by atoms with Gasteiger partial charge in [-0.15, -0.1) is 0 Å². The van der Waals surface area contributed by atoms with Crippen LogP contribution in [0.15, 0.2) is 48.5 Å². The average molecular weight is 361 g/mol. The number of para-hydroxylation sites is 1. The molecule has 1 aliphatic heterocycles. The minimum atomic E-state index is -0.267. The fraction of sp³-hybridized carbons (Fsp3) is 0.211. The summed E-state index contributed by atoms with van der Waals surface area (Å²) in [5.74, 6) is -0.115. The molecule has 5 heteroatoms. The Labute approximate surface area is 151 Å². The molecule has 0 aromatic heterocycles. The number of nitrogens with one attached hydrogen (secondary N) is 2. The number of hydrogen-bond acceptors (Lipinski definition) is 2. The Balaban J connectivity index is 1.85. The lowest BCUT2D eigenvalue weighted by molar-refractivity contribution is -0.119. The van der Waals surface area contributed by atoms with E-state index in [9.17, 15) is 4.79 Å². The molecule has 2 aromatic rings. The predicted octanol–water partition coefficient (Wildman–Crippen LogP) is 5.07. The number of hydrogen-bond donors (Lipinski definition) is 2. The fourth-order valence-electron chi connectivity index (χ4n) is 2.97. The van der Waals surface area contributed by atoms with Crippen LogP contribution in [-0.4, -0.2) is 11.9 Å². The first-order valence-corrected chi connectivity index (χ1v) is 8.55. The number of amides is 1. The van der Waals surface area contributed by atoms with Crippen molar-refractivity contribution in [3.63, 3.8) is 0 Å². The molecule has 0 saturated heterocycles. The number of fused-ring (bicyclic) bond motifs is 1. The van der Waals surface area contributed by atoms with Crippen LogP contribution in [0.3, 0.4) is 0 Å². The maximum atomic E-state index is 11.7. The summed E-state index contributed by atoms with van der Waals surface area (Å²) in [4.78, 5) is 11.7. The minimum absolute atomic E-state index is 0.0732. The summed E-state index contributed by atoms with van der Waals surface area (Å²) < 4.78 is 0. The first-order valence-electron chi connectivity index (χ1n) is 7.79. The molecule has 1 amide bonds. The van der Waals surface area contributed by atoms with Crippen molar-refractivity contribution >= 4 is 40.9 Å². The third-order valence-electron chi connectivity index (χ3n) is 4.03. The SMILES string of the molecule is CC(=O)N[C@H](CC1C=Cc2ccccc2N1)c1c(Cl)cccc1Cl. The van der Waals surface area contributed by atoms with E-state index in [1.165, 1.54) is 6.92 Å². The molecule has 0 radical (unpaired) electrons. The number of rotatable bonds is 4. The monoisotopic (exact) mass is 360 g/mol. The summed E-state index contributed by atoms with van der Waals surface area (Å²) in [5, 5.41) is 7.57. The second-order valence-corrected chi connectivity index (χ2v) is 6.64. The van der Waals surface area contributed by atoms with E-state index in [1.54, 1.807) is 18.2 Å². The van der Waals surface area contributed by atoms with E-state index in [4.69, 9.17) is 23.2 Å². The van der Waals surface area contributed by atoms with Crippen molar-refractivity contribution in [1.82, 2.24) is 5.32 Å². The Kier molecular flexibility index (Phi) is 5.12. The summed E-state index contributed by atoms with van der Waals surface area (Å²) in [6.45, 7) is 1.50. The van der Waals surface area contributed by atoms with Crippen LogP contribution in [-0.2, 0) is 4.79 Å². The summed E-state index contributed by atoms with van der Waals surface area (Å²) >= 11 is 12.7. The first kappa shape index (κ1) is 16.9. The van der Waals surface area contributed by atoms with E-state index < -0.39 is 0 Å². The molecule has 1 unspecified atom stereocenters. The highest BCUT2D eigenvalue weighted by Crippen LogP contribution is 2.34. The molecule has 0 spiro atoms. The van der Waals surface area contributed by atoms with Crippen LogP contribution in [0.2, 0.25) is 10.0 Å². The highest BCUT2D eigenvalue weighted by molar-refractivity contribution is 6.36. The van der Waals surface area contributed by atoms with Crippen molar-refractivity contribution in [2.24, 2.45) is 0 Å². The predicted molar refractivity (Wildman–Crippen MR) is 101 cm³/mol. The number of carbonyl (C=O) groups excluding carboxylic acids is 1. The Morgan fingerprint density at radius 1 is 1.17 bits per heavy atom. The molecule has 24 heavy (non-hydrogen) atoms. The number of benzene rings is 2. The van der Waals surface area contributed by atoms with Crippen LogP contribution < -0.4 is 10.6 Å². The highest BCUT2D eigenvalue weighted by atomic mass is 35.5. The molecule has 2 N–H and O–H groups in total. The quantitative estimate of drug-likeness (QED) is 0.799. The van der Waals surface area contributed by atoms with Crippen LogP contribution in [0.5, 0.6) is 0 Å². The molecule has 0 bridgehead atoms. The Morgan fingerprint density at radius 2 is 1.88 bits per heavy atom. The molecule has 0 aliphatic carbocycles. The van der Waals surface area contributed by atoms with Gasteiger partial charge in [0.05, 0.1) is 6.04 Å². The van der Waals surface area contributed by atoms with Gasteiger partial charge in [0.15, 0.2) is 0 Å². The van der Waals surface area contributed by atoms with E-state index in [2.05, 4.69) is 28.9 Å². The van der Waals surface area contributed by atoms with Gasteiger partial charge in [0.2, 0.25) is 5.91 Å². The minimum Gasteiger partial charge on any atom is -0.378 e. The van der Waals surface area contributed by atoms with E-state index in [1.807, 2.05) is 18.2 Å². The second kappa shape index (κ2) is 7.29. The van der Waals surface area contributed by atoms with Gasteiger partial charge >= 0.3 is 0 Å². The largest absolute Gasteiger partial charge is 0.378 e. The number of carbonyl (C=O) groups is 1. The normalized spacial score (nSPS) is 16.9. The van der Waals surface area contributed by atoms with E-state index in [-0.39, 0.29) is 18.0 Å². The van der Waals surface area contributed by atoms with Gasteiger partial charge in [0.1, 0.15) is 0 Å². The molecule has 2 atom stereocenters. The topological polar surface area (TPSA) is 41.1 Å². The third-order valence-corrected chi connectivity index (χ3v) is 4.68. The van der Waals surface area contributed by atoms with E-state index in [0.717, 1.165) is 16.8 Å². The molecule has 3 rings (SSSR count). The summed E-state index contributed by atoms with van der Waals surface area (Å²) in [6.07, 6.45) is 4.84. The Bertz CT molecular complexity index is 768. The van der Waals surface area contributed by atoms with E-state index in [0.29, 0.717) is 16.5 Å². The summed E-state index contributed by atoms with van der Waals surface area (Å²) in [6, 6.07) is 13.3. The summed E-state index contributed by atoms with van der Waals surface area (Å²) in [7, 11) is 0. The first-order chi connectivity index (χ1) is 11.5. The zero-order chi connectivity index (χ0) is 17.1. The molecule has 1 aliphatic rings. The van der Waals surface area contributed by atoms with Crippen molar-refractivity contribution in [1.29, 1.82) is 0 Å². The lowest BCUT2D eigenvalue weighted by Gasteiger charge is -2.28. The van der Waals surface area contributed by atoms with Crippen molar-refractivity contribution in [3.8, 4) is 0 Å². The molecule has 0 fully saturated rings. The Hall–Kier alpha value is -1.97. The van der Waals surface area contributed by atoms with Crippen LogP contribution in [0.1, 0.15) is 30.5 Å². The van der Waals surface area contributed by atoms with Crippen molar-refractivity contribution in [2.45, 2.75) is 25.4 Å². The zero-order valence-corrected chi connectivity index (χ0v) is 14.7. The van der Waals surface area contributed by atoms with Crippen LogP contribution in [0, 0.1) is 0 Å². The van der Waals surface area contributed by atoms with Crippen LogP contribution in [0.25, 0.3) is 6.08 Å². The smallest absolute Gasteiger partial charge is 0.217 e. The van der Waals surface area contributed by atoms with Crippen LogP contribution >= 0.6 is 23.2 Å². The standard InChI is InChI=1S/C19H18Cl2N2O/c1-12(24)22-18(19-15(20)6-4-7-16(19)21)11-14-10-9-13-5-2-3-8-17(13)23-14/h2-10,14,18,23H,11H2,1H3,(H,22,24)/t14?,18-/m1/s1. The molecule has 124 valence electrons. The molecular weight excluding hydrogens is 343 g/mol. The zero-order valence-electron chi connectivity index (χ0n) is 13.2. The second-order valence-electron chi connectivity index (χ2n) is 5.82. The van der Waals surface area contributed by atoms with Gasteiger partial charge in [-0.25, -0.2) is 0 Å². The number of anilines is 1. The molecule has 1 heterocycles. The average Bonchev–Trinajstić information content (AvgIpc) is 2.54. The van der Waals surface area contributed by atoms with Gasteiger partial charge in [-0.3, -0.25) is 4.79 Å². The lowest BCUT2D eigenvalue weighted by atomic mass is 9.95. The van der Waals surface area contributed by atoms with Crippen molar-refractivity contribution in [3.05, 3.63) is 69.7 Å². The van der Waals surface area contributed by atoms with Gasteiger partial charge < -0.3 is 10.6 Å². The van der Waals surface area contributed by atoms with Gasteiger partial charge in [0, 0.05) is 34.3 Å². The highest BCUT2D eigenvalue weighted by Gasteiger charge is 2.23. The third kappa shape index (κ3) is 3.74. The fourth-order valence-corrected chi connectivity index (χ4v) is 3.63. The molecule has 2 aromatic carbocycles.